The van der Waals surface area contributed by atoms with Crippen molar-refractivity contribution in [3.8, 4) is 5.75 Å². The maximum Gasteiger partial charge on any atom is 0.227 e. The van der Waals surface area contributed by atoms with Crippen LogP contribution in [0, 0.1) is 5.92 Å². The van der Waals surface area contributed by atoms with Crippen LogP contribution in [0.3, 0.4) is 0 Å². The van der Waals surface area contributed by atoms with Crippen LogP contribution in [-0.4, -0.2) is 69.1 Å². The highest BCUT2D eigenvalue weighted by Crippen LogP contribution is 2.22. The predicted octanol–water partition coefficient (Wildman–Crippen LogP) is 1.30. The Labute approximate surface area is 132 Å². The van der Waals surface area contributed by atoms with E-state index in [0.29, 0.717) is 5.91 Å². The smallest absolute Gasteiger partial charge is 0.227 e. The number of ether oxygens (including phenoxy) is 1. The van der Waals surface area contributed by atoms with Crippen molar-refractivity contribution in [3.05, 3.63) is 24.3 Å². The first-order valence-electron chi connectivity index (χ1n) is 8.03. The maximum atomic E-state index is 12.5. The van der Waals surface area contributed by atoms with E-state index in [-0.39, 0.29) is 5.92 Å². The molecular formula is C17H25N3O2. The quantitative estimate of drug-likeness (QED) is 0.843. The topological polar surface area (TPSA) is 36.0 Å². The summed E-state index contributed by atoms with van der Waals surface area (Å²) in [7, 11) is 3.77. The second kappa shape index (κ2) is 6.57. The molecule has 2 aliphatic heterocycles. The fourth-order valence-corrected chi connectivity index (χ4v) is 3.37. The average Bonchev–Trinajstić information content (AvgIpc) is 3.01. The minimum absolute atomic E-state index is 0.206. The Morgan fingerprint density at radius 2 is 1.77 bits per heavy atom. The summed E-state index contributed by atoms with van der Waals surface area (Å²) in [5.41, 5.74) is 1.20. The Morgan fingerprint density at radius 3 is 2.32 bits per heavy atom. The number of likely N-dealkylation sites (tertiary alicyclic amines) is 1. The summed E-state index contributed by atoms with van der Waals surface area (Å²) in [6.07, 6.45) is 1.01. The number of hydrogen-bond donors (Lipinski definition) is 0. The Balaban J connectivity index is 1.54. The maximum absolute atomic E-state index is 12.5. The van der Waals surface area contributed by atoms with Gasteiger partial charge in [-0.15, -0.1) is 0 Å². The van der Waals surface area contributed by atoms with Gasteiger partial charge in [0.05, 0.1) is 13.0 Å². The Morgan fingerprint density at radius 1 is 1.09 bits per heavy atom. The number of piperazine rings is 1. The number of amides is 1. The molecule has 2 aliphatic rings. The Hall–Kier alpha value is -1.75. The van der Waals surface area contributed by atoms with Gasteiger partial charge in [0.15, 0.2) is 0 Å². The second-order valence-corrected chi connectivity index (χ2v) is 6.26. The molecule has 2 saturated heterocycles. The highest BCUT2D eigenvalue weighted by molar-refractivity contribution is 5.79. The molecule has 1 aromatic carbocycles. The zero-order chi connectivity index (χ0) is 15.5. The van der Waals surface area contributed by atoms with Crippen LogP contribution in [0.4, 0.5) is 5.69 Å². The zero-order valence-corrected chi connectivity index (χ0v) is 13.5. The van der Waals surface area contributed by atoms with Crippen LogP contribution in [0.1, 0.15) is 6.42 Å². The van der Waals surface area contributed by atoms with Crippen LogP contribution in [-0.2, 0) is 4.79 Å². The van der Waals surface area contributed by atoms with Gasteiger partial charge in [-0.1, -0.05) is 0 Å². The van der Waals surface area contributed by atoms with Gasteiger partial charge in [0, 0.05) is 38.4 Å². The first-order chi connectivity index (χ1) is 10.7. The third-order valence-corrected chi connectivity index (χ3v) is 4.77. The highest BCUT2D eigenvalue weighted by Gasteiger charge is 2.31. The van der Waals surface area contributed by atoms with E-state index in [0.717, 1.165) is 51.4 Å². The molecule has 0 radical (unpaired) electrons. The molecule has 5 heteroatoms. The monoisotopic (exact) mass is 303 g/mol. The van der Waals surface area contributed by atoms with E-state index < -0.39 is 0 Å². The van der Waals surface area contributed by atoms with Crippen molar-refractivity contribution >= 4 is 11.6 Å². The number of benzene rings is 1. The van der Waals surface area contributed by atoms with Crippen molar-refractivity contribution in [2.24, 2.45) is 5.92 Å². The fourth-order valence-electron chi connectivity index (χ4n) is 3.37. The number of carbonyl (C=O) groups excluding carboxylic acids is 1. The largest absolute Gasteiger partial charge is 0.497 e. The van der Waals surface area contributed by atoms with Crippen molar-refractivity contribution in [1.29, 1.82) is 0 Å². The van der Waals surface area contributed by atoms with Crippen LogP contribution in [0.5, 0.6) is 5.75 Å². The van der Waals surface area contributed by atoms with E-state index in [1.54, 1.807) is 7.11 Å². The number of anilines is 1. The number of nitrogens with zero attached hydrogens (tertiary/aromatic N) is 3. The van der Waals surface area contributed by atoms with Gasteiger partial charge >= 0.3 is 0 Å². The highest BCUT2D eigenvalue weighted by atomic mass is 16.5. The molecule has 0 saturated carbocycles. The Bertz CT molecular complexity index is 509. The first-order valence-corrected chi connectivity index (χ1v) is 8.03. The molecule has 120 valence electrons. The van der Waals surface area contributed by atoms with Gasteiger partial charge in [-0.3, -0.25) is 4.79 Å². The molecule has 0 N–H and O–H groups in total. The fraction of sp³-hybridized carbons (Fsp3) is 0.588. The van der Waals surface area contributed by atoms with Gasteiger partial charge in [-0.25, -0.2) is 0 Å². The molecular weight excluding hydrogens is 278 g/mol. The average molecular weight is 303 g/mol. The summed E-state index contributed by atoms with van der Waals surface area (Å²) in [6, 6.07) is 8.15. The Kier molecular flexibility index (Phi) is 4.52. The third-order valence-electron chi connectivity index (χ3n) is 4.77. The molecule has 1 unspecified atom stereocenters. The van der Waals surface area contributed by atoms with Crippen LogP contribution in [0.15, 0.2) is 24.3 Å². The third kappa shape index (κ3) is 3.19. The molecule has 0 aromatic heterocycles. The van der Waals surface area contributed by atoms with Crippen LogP contribution < -0.4 is 9.64 Å². The van der Waals surface area contributed by atoms with Gasteiger partial charge in [-0.05, 0) is 44.3 Å². The summed E-state index contributed by atoms with van der Waals surface area (Å²) in [6.45, 7) is 5.41. The van der Waals surface area contributed by atoms with Gasteiger partial charge in [0.1, 0.15) is 5.75 Å². The standard InChI is InChI=1S/C17H25N3O2/c1-18-8-7-14(13-18)17(21)20-11-9-19(10-12-20)15-3-5-16(22-2)6-4-15/h3-6,14H,7-13H2,1-2H3. The summed E-state index contributed by atoms with van der Waals surface area (Å²) < 4.78 is 5.20. The van der Waals surface area contributed by atoms with Gasteiger partial charge in [0.2, 0.25) is 5.91 Å². The predicted molar refractivity (Wildman–Crippen MR) is 87.4 cm³/mol. The van der Waals surface area contributed by atoms with Gasteiger partial charge in [0.25, 0.3) is 0 Å². The summed E-state index contributed by atoms with van der Waals surface area (Å²) in [5, 5.41) is 0. The van der Waals surface area contributed by atoms with Crippen molar-refractivity contribution in [1.82, 2.24) is 9.80 Å². The normalized spacial score (nSPS) is 22.9. The molecule has 1 aromatic rings. The second-order valence-electron chi connectivity index (χ2n) is 6.26. The zero-order valence-electron chi connectivity index (χ0n) is 13.5. The van der Waals surface area contributed by atoms with Gasteiger partial charge < -0.3 is 19.4 Å². The van der Waals surface area contributed by atoms with Crippen LogP contribution in [0.25, 0.3) is 0 Å². The van der Waals surface area contributed by atoms with Crippen molar-refractivity contribution in [3.63, 3.8) is 0 Å². The molecule has 0 aliphatic carbocycles. The number of carbonyl (C=O) groups is 1. The number of hydrogen-bond acceptors (Lipinski definition) is 4. The van der Waals surface area contributed by atoms with Crippen LogP contribution >= 0.6 is 0 Å². The first kappa shape index (κ1) is 15.2. The SMILES string of the molecule is COc1ccc(N2CCN(C(=O)C3CCN(C)C3)CC2)cc1. The van der Waals surface area contributed by atoms with Crippen molar-refractivity contribution in [2.45, 2.75) is 6.42 Å². The molecule has 0 spiro atoms. The molecule has 1 atom stereocenters. The molecule has 2 fully saturated rings. The number of methoxy groups -OCH3 is 1. The summed E-state index contributed by atoms with van der Waals surface area (Å²) in [4.78, 5) is 19.2. The molecule has 5 nitrogen and oxygen atoms in total. The lowest BCUT2D eigenvalue weighted by molar-refractivity contribution is -0.135. The molecule has 3 rings (SSSR count). The molecule has 0 bridgehead atoms. The molecule has 1 amide bonds. The van der Waals surface area contributed by atoms with Crippen LogP contribution in [0.2, 0.25) is 0 Å². The lowest BCUT2D eigenvalue weighted by Gasteiger charge is -2.37. The van der Waals surface area contributed by atoms with Gasteiger partial charge in [-0.2, -0.15) is 0 Å². The van der Waals surface area contributed by atoms with Crippen molar-refractivity contribution in [2.75, 3.05) is 58.3 Å². The van der Waals surface area contributed by atoms with E-state index in [9.17, 15) is 4.79 Å². The van der Waals surface area contributed by atoms with E-state index in [1.807, 2.05) is 17.0 Å². The lowest BCUT2D eigenvalue weighted by Crippen LogP contribution is -2.50. The minimum Gasteiger partial charge on any atom is -0.497 e. The molecule has 2 heterocycles. The van der Waals surface area contributed by atoms with E-state index in [1.165, 1.54) is 5.69 Å². The molecule has 22 heavy (non-hydrogen) atoms. The van der Waals surface area contributed by atoms with E-state index in [2.05, 4.69) is 29.0 Å². The summed E-state index contributed by atoms with van der Waals surface area (Å²) in [5.74, 6) is 1.43. The minimum atomic E-state index is 0.206. The summed E-state index contributed by atoms with van der Waals surface area (Å²) >= 11 is 0. The number of rotatable bonds is 3. The van der Waals surface area contributed by atoms with E-state index in [4.69, 9.17) is 4.74 Å². The van der Waals surface area contributed by atoms with Crippen molar-refractivity contribution < 1.29 is 9.53 Å². The lowest BCUT2D eigenvalue weighted by atomic mass is 10.1. The van der Waals surface area contributed by atoms with E-state index >= 15 is 0 Å².